The highest BCUT2D eigenvalue weighted by atomic mass is 32.2. The van der Waals surface area contributed by atoms with E-state index >= 15 is 0 Å². The third-order valence-corrected chi connectivity index (χ3v) is 6.09. The van der Waals surface area contributed by atoms with Gasteiger partial charge in [-0.15, -0.1) is 10.2 Å². The highest BCUT2D eigenvalue weighted by Gasteiger charge is 2.35. The van der Waals surface area contributed by atoms with Crippen LogP contribution >= 0.6 is 11.8 Å². The molecule has 0 unspecified atom stereocenters. The fourth-order valence-corrected chi connectivity index (χ4v) is 4.22. The fourth-order valence-electron chi connectivity index (χ4n) is 3.60. The maximum atomic E-state index is 14.0. The van der Waals surface area contributed by atoms with Crippen LogP contribution in [-0.2, 0) is 4.79 Å². The van der Waals surface area contributed by atoms with Crippen LogP contribution in [0.5, 0.6) is 5.75 Å². The number of hydrogen-bond donors (Lipinski definition) is 0. The van der Waals surface area contributed by atoms with E-state index in [1.54, 1.807) is 37.6 Å². The summed E-state index contributed by atoms with van der Waals surface area (Å²) in [5, 5.41) is 14.0. The van der Waals surface area contributed by atoms with Crippen LogP contribution in [0.15, 0.2) is 86.1 Å². The maximum Gasteiger partial charge on any atom is 0.277 e. The maximum absolute atomic E-state index is 14.0. The third-order valence-electron chi connectivity index (χ3n) is 5.29. The van der Waals surface area contributed by atoms with Crippen LogP contribution in [-0.4, -0.2) is 39.7 Å². The number of carbonyl (C=O) groups excluding carboxylic acids is 1. The molecule has 0 aliphatic carbocycles. The van der Waals surface area contributed by atoms with Crippen molar-refractivity contribution in [3.05, 3.63) is 84.1 Å². The molecule has 0 bridgehead atoms. The van der Waals surface area contributed by atoms with E-state index in [2.05, 4.69) is 15.3 Å². The number of rotatable bonds is 7. The lowest BCUT2D eigenvalue weighted by Gasteiger charge is -2.19. The molecule has 10 heteroatoms. The molecule has 1 amide bonds. The summed E-state index contributed by atoms with van der Waals surface area (Å²) in [6.07, 6.45) is 2.08. The van der Waals surface area contributed by atoms with Gasteiger partial charge in [0, 0.05) is 6.42 Å². The van der Waals surface area contributed by atoms with E-state index < -0.39 is 5.82 Å². The Bertz CT molecular complexity index is 1320. The number of furan rings is 1. The highest BCUT2D eigenvalue weighted by molar-refractivity contribution is 7.99. The van der Waals surface area contributed by atoms with Crippen LogP contribution < -0.4 is 4.74 Å². The molecule has 1 aliphatic rings. The minimum absolute atomic E-state index is 0.00943. The number of amides is 1. The minimum atomic E-state index is -0.461. The summed E-state index contributed by atoms with van der Waals surface area (Å²) >= 11 is 1.07. The zero-order valence-corrected chi connectivity index (χ0v) is 18.9. The molecule has 0 fully saturated rings. The van der Waals surface area contributed by atoms with Crippen molar-refractivity contribution in [1.82, 2.24) is 15.2 Å². The summed E-state index contributed by atoms with van der Waals surface area (Å²) in [6.45, 7) is 0. The first-order chi connectivity index (χ1) is 16.6. The second kappa shape index (κ2) is 9.52. The molecule has 1 aliphatic heterocycles. The van der Waals surface area contributed by atoms with Gasteiger partial charge in [-0.2, -0.15) is 5.10 Å². The largest absolute Gasteiger partial charge is 0.497 e. The lowest BCUT2D eigenvalue weighted by molar-refractivity contribution is -0.130. The number of nitrogens with zero attached hydrogens (tertiary/aromatic N) is 4. The Morgan fingerprint density at radius 2 is 1.97 bits per heavy atom. The molecule has 2 aromatic carbocycles. The number of halogens is 1. The van der Waals surface area contributed by atoms with Gasteiger partial charge in [0.2, 0.25) is 0 Å². The number of aromatic nitrogens is 2. The van der Waals surface area contributed by atoms with Crippen LogP contribution in [0.4, 0.5) is 4.39 Å². The van der Waals surface area contributed by atoms with Gasteiger partial charge in [0.15, 0.2) is 0 Å². The molecule has 4 aromatic rings. The van der Waals surface area contributed by atoms with Crippen LogP contribution in [0.25, 0.3) is 11.5 Å². The van der Waals surface area contributed by atoms with E-state index in [-0.39, 0.29) is 34.4 Å². The number of hydrazone groups is 1. The molecule has 5 rings (SSSR count). The molecule has 8 nitrogen and oxygen atoms in total. The average molecular weight is 479 g/mol. The first-order valence-electron chi connectivity index (χ1n) is 10.4. The van der Waals surface area contributed by atoms with Crippen molar-refractivity contribution in [1.29, 1.82) is 0 Å². The molecule has 0 saturated carbocycles. The van der Waals surface area contributed by atoms with Crippen molar-refractivity contribution < 1.29 is 22.8 Å². The van der Waals surface area contributed by atoms with Crippen molar-refractivity contribution >= 4 is 23.4 Å². The molecule has 0 radical (unpaired) electrons. The summed E-state index contributed by atoms with van der Waals surface area (Å²) in [6, 6.07) is 16.9. The summed E-state index contributed by atoms with van der Waals surface area (Å²) < 4.78 is 30.3. The van der Waals surface area contributed by atoms with Gasteiger partial charge < -0.3 is 13.6 Å². The van der Waals surface area contributed by atoms with Crippen LogP contribution in [0.3, 0.4) is 0 Å². The topological polar surface area (TPSA) is 94.0 Å². The van der Waals surface area contributed by atoms with E-state index in [4.69, 9.17) is 13.6 Å². The Hall–Kier alpha value is -3.92. The van der Waals surface area contributed by atoms with Gasteiger partial charge in [-0.05, 0) is 54.1 Å². The third kappa shape index (κ3) is 4.44. The second-order valence-electron chi connectivity index (χ2n) is 7.39. The van der Waals surface area contributed by atoms with Crippen molar-refractivity contribution in [2.45, 2.75) is 17.7 Å². The molecular formula is C24H19FN4O4S. The van der Waals surface area contributed by atoms with E-state index in [0.29, 0.717) is 12.2 Å². The van der Waals surface area contributed by atoms with Crippen molar-refractivity contribution in [2.24, 2.45) is 5.10 Å². The van der Waals surface area contributed by atoms with Crippen LogP contribution in [0, 0.1) is 5.82 Å². The zero-order chi connectivity index (χ0) is 23.5. The number of methoxy groups -OCH3 is 1. The summed E-state index contributed by atoms with van der Waals surface area (Å²) in [5.74, 6) is 0.740. The van der Waals surface area contributed by atoms with Gasteiger partial charge in [-0.1, -0.05) is 23.9 Å². The Morgan fingerprint density at radius 3 is 2.71 bits per heavy atom. The Balaban J connectivity index is 1.32. The van der Waals surface area contributed by atoms with E-state index in [1.807, 2.05) is 30.3 Å². The van der Waals surface area contributed by atoms with Gasteiger partial charge in [0.05, 0.1) is 30.4 Å². The Morgan fingerprint density at radius 1 is 1.15 bits per heavy atom. The first-order valence-corrected chi connectivity index (χ1v) is 11.4. The SMILES string of the molecule is COc1ccc(C2=NN(C(=O)CSc3nnc(-c4ccccc4F)o3)[C@@H](c3ccco3)C2)cc1. The van der Waals surface area contributed by atoms with Crippen LogP contribution in [0.1, 0.15) is 23.8 Å². The number of carbonyl (C=O) groups is 1. The lowest BCUT2D eigenvalue weighted by atomic mass is 10.0. The fraction of sp³-hybridized carbons (Fsp3) is 0.167. The highest BCUT2D eigenvalue weighted by Crippen LogP contribution is 2.34. The zero-order valence-electron chi connectivity index (χ0n) is 18.1. The Labute approximate surface area is 198 Å². The van der Waals surface area contributed by atoms with Crippen molar-refractivity contribution in [2.75, 3.05) is 12.9 Å². The molecular weight excluding hydrogens is 459 g/mol. The van der Waals surface area contributed by atoms with Crippen molar-refractivity contribution in [3.63, 3.8) is 0 Å². The Kier molecular flexibility index (Phi) is 6.13. The molecule has 0 spiro atoms. The minimum Gasteiger partial charge on any atom is -0.497 e. The monoisotopic (exact) mass is 478 g/mol. The molecule has 2 aromatic heterocycles. The number of thioether (sulfide) groups is 1. The predicted molar refractivity (Wildman–Crippen MR) is 123 cm³/mol. The lowest BCUT2D eigenvalue weighted by Crippen LogP contribution is -2.28. The van der Waals surface area contributed by atoms with Gasteiger partial charge >= 0.3 is 0 Å². The second-order valence-corrected chi connectivity index (χ2v) is 8.32. The van der Waals surface area contributed by atoms with Gasteiger partial charge in [-0.25, -0.2) is 9.40 Å². The van der Waals surface area contributed by atoms with Gasteiger partial charge in [-0.3, -0.25) is 4.79 Å². The molecule has 172 valence electrons. The van der Waals surface area contributed by atoms with E-state index in [9.17, 15) is 9.18 Å². The summed E-state index contributed by atoms with van der Waals surface area (Å²) in [7, 11) is 1.61. The average Bonchev–Trinajstić information content (AvgIpc) is 3.63. The summed E-state index contributed by atoms with van der Waals surface area (Å²) in [4.78, 5) is 13.1. The van der Waals surface area contributed by atoms with E-state index in [1.165, 1.54) is 11.1 Å². The smallest absolute Gasteiger partial charge is 0.277 e. The molecule has 34 heavy (non-hydrogen) atoms. The van der Waals surface area contributed by atoms with Crippen LogP contribution in [0.2, 0.25) is 0 Å². The number of benzene rings is 2. The summed E-state index contributed by atoms with van der Waals surface area (Å²) in [5.41, 5.74) is 1.87. The number of ether oxygens (including phenoxy) is 1. The first kappa shape index (κ1) is 21.9. The normalized spacial score (nSPS) is 15.4. The van der Waals surface area contributed by atoms with Gasteiger partial charge in [0.1, 0.15) is 23.4 Å². The van der Waals surface area contributed by atoms with E-state index in [0.717, 1.165) is 28.8 Å². The predicted octanol–water partition coefficient (Wildman–Crippen LogP) is 4.95. The van der Waals surface area contributed by atoms with Crippen molar-refractivity contribution in [3.8, 4) is 17.2 Å². The standard InChI is InChI=1S/C24H19FN4O4S/c1-31-16-10-8-15(9-11-16)19-13-20(21-7-4-12-32-21)29(28-19)22(30)14-34-24-27-26-23(33-24)17-5-2-3-6-18(17)25/h2-12,20H,13-14H2,1H3/t20-/m1/s1. The van der Waals surface area contributed by atoms with Gasteiger partial charge in [0.25, 0.3) is 17.0 Å². The molecule has 0 N–H and O–H groups in total. The number of hydrogen-bond acceptors (Lipinski definition) is 8. The molecule has 0 saturated heterocycles. The molecule has 3 heterocycles. The quantitative estimate of drug-likeness (QED) is 0.347. The molecule has 1 atom stereocenters.